The number of methoxy groups -OCH3 is 1. The zero-order valence-electron chi connectivity index (χ0n) is 19.7. The van der Waals surface area contributed by atoms with Crippen molar-refractivity contribution >= 4 is 29.9 Å². The number of nitrogens with one attached hydrogen (secondary N) is 2. The first-order valence-corrected chi connectivity index (χ1v) is 10.6. The third-order valence-electron chi connectivity index (χ3n) is 5.38. The van der Waals surface area contributed by atoms with Gasteiger partial charge >= 0.3 is 0 Å². The fourth-order valence-electron chi connectivity index (χ4n) is 3.87. The highest BCUT2D eigenvalue weighted by atomic mass is 127. The number of halogens is 1. The van der Waals surface area contributed by atoms with Gasteiger partial charge in [-0.3, -0.25) is 9.89 Å². The average Bonchev–Trinajstić information content (AvgIpc) is 2.64. The first-order valence-electron chi connectivity index (χ1n) is 10.6. The van der Waals surface area contributed by atoms with Crippen LogP contribution >= 0.6 is 24.0 Å². The quantitative estimate of drug-likeness (QED) is 0.319. The van der Waals surface area contributed by atoms with Crippen molar-refractivity contribution < 1.29 is 9.47 Å². The van der Waals surface area contributed by atoms with Gasteiger partial charge in [-0.15, -0.1) is 24.0 Å². The zero-order valence-corrected chi connectivity index (χ0v) is 22.0. The summed E-state index contributed by atoms with van der Waals surface area (Å²) in [6, 6.07) is 8.63. The molecule has 0 aliphatic carbocycles. The molecule has 1 fully saturated rings. The lowest BCUT2D eigenvalue weighted by Crippen LogP contribution is -2.45. The van der Waals surface area contributed by atoms with Crippen LogP contribution in [0.25, 0.3) is 0 Å². The number of nitrogens with zero attached hydrogens (tertiary/aromatic N) is 2. The van der Waals surface area contributed by atoms with E-state index in [2.05, 4.69) is 79.4 Å². The minimum atomic E-state index is 0. The van der Waals surface area contributed by atoms with E-state index in [-0.39, 0.29) is 47.7 Å². The minimum Gasteiger partial charge on any atom is -0.379 e. The SMILES string of the molecule is CN=C(NCc1ccccc1CN1CC(C)OC(C)C1)NCC(OC)C(C)(C)C.I. The first-order chi connectivity index (χ1) is 13.7. The van der Waals surface area contributed by atoms with Crippen LogP contribution in [-0.4, -0.2) is 63.0 Å². The van der Waals surface area contributed by atoms with E-state index < -0.39 is 0 Å². The van der Waals surface area contributed by atoms with Gasteiger partial charge in [0.25, 0.3) is 0 Å². The Hall–Kier alpha value is -0.900. The van der Waals surface area contributed by atoms with Crippen molar-refractivity contribution in [3.05, 3.63) is 35.4 Å². The summed E-state index contributed by atoms with van der Waals surface area (Å²) in [7, 11) is 3.56. The molecule has 0 aromatic heterocycles. The van der Waals surface area contributed by atoms with Gasteiger partial charge in [0.2, 0.25) is 0 Å². The Morgan fingerprint density at radius 3 is 2.30 bits per heavy atom. The fourth-order valence-corrected chi connectivity index (χ4v) is 3.87. The maximum atomic E-state index is 5.87. The van der Waals surface area contributed by atoms with Crippen molar-refractivity contribution in [2.24, 2.45) is 10.4 Å². The highest BCUT2D eigenvalue weighted by Gasteiger charge is 2.25. The predicted molar refractivity (Wildman–Crippen MR) is 136 cm³/mol. The van der Waals surface area contributed by atoms with Gasteiger partial charge < -0.3 is 20.1 Å². The van der Waals surface area contributed by atoms with Crippen molar-refractivity contribution in [3.8, 4) is 0 Å². The molecule has 30 heavy (non-hydrogen) atoms. The van der Waals surface area contributed by atoms with Crippen molar-refractivity contribution in [2.45, 2.75) is 66.0 Å². The summed E-state index contributed by atoms with van der Waals surface area (Å²) in [4.78, 5) is 6.85. The maximum Gasteiger partial charge on any atom is 0.191 e. The molecule has 1 heterocycles. The summed E-state index contributed by atoms with van der Waals surface area (Å²) in [5.74, 6) is 0.791. The van der Waals surface area contributed by atoms with Crippen LogP contribution in [0.5, 0.6) is 0 Å². The molecule has 6 nitrogen and oxygen atoms in total. The standard InChI is InChI=1S/C23H40N4O2.HI/c1-17-14-27(15-18(2)29-17)16-20-11-9-8-10-19(20)12-25-22(24-6)26-13-21(28-7)23(3,4)5;/h8-11,17-18,21H,12-16H2,1-7H3,(H2,24,25,26);1H. The molecule has 0 amide bonds. The second-order valence-electron chi connectivity index (χ2n) is 9.12. The summed E-state index contributed by atoms with van der Waals surface area (Å²) in [6.45, 7) is 15.2. The Morgan fingerprint density at radius 1 is 1.17 bits per heavy atom. The van der Waals surface area contributed by atoms with Crippen LogP contribution in [0.15, 0.2) is 29.3 Å². The zero-order chi connectivity index (χ0) is 21.4. The Labute approximate surface area is 200 Å². The third-order valence-corrected chi connectivity index (χ3v) is 5.38. The van der Waals surface area contributed by atoms with Crippen molar-refractivity contribution in [3.63, 3.8) is 0 Å². The van der Waals surface area contributed by atoms with E-state index in [1.807, 2.05) is 0 Å². The number of guanidine groups is 1. The van der Waals surface area contributed by atoms with Crippen molar-refractivity contribution in [1.29, 1.82) is 0 Å². The van der Waals surface area contributed by atoms with Gasteiger partial charge in [-0.25, -0.2) is 0 Å². The molecular formula is C23H41IN4O2. The summed E-state index contributed by atoms with van der Waals surface area (Å²) < 4.78 is 11.5. The second kappa shape index (κ2) is 12.8. The Balaban J connectivity index is 0.00000450. The number of aliphatic imine (C=N–C) groups is 1. The monoisotopic (exact) mass is 532 g/mol. The predicted octanol–water partition coefficient (Wildman–Crippen LogP) is 3.64. The van der Waals surface area contributed by atoms with Gasteiger partial charge in [-0.05, 0) is 30.4 Å². The lowest BCUT2D eigenvalue weighted by atomic mass is 9.89. The number of hydrogen-bond donors (Lipinski definition) is 2. The largest absolute Gasteiger partial charge is 0.379 e. The number of ether oxygens (including phenoxy) is 2. The molecular weight excluding hydrogens is 491 g/mol. The average molecular weight is 533 g/mol. The molecule has 1 aromatic carbocycles. The number of benzene rings is 1. The topological polar surface area (TPSA) is 58.1 Å². The maximum absolute atomic E-state index is 5.87. The molecule has 0 saturated carbocycles. The van der Waals surface area contributed by atoms with Crippen LogP contribution in [0.3, 0.4) is 0 Å². The molecule has 0 bridgehead atoms. The van der Waals surface area contributed by atoms with Crippen molar-refractivity contribution in [1.82, 2.24) is 15.5 Å². The Morgan fingerprint density at radius 2 is 1.77 bits per heavy atom. The van der Waals surface area contributed by atoms with Gasteiger partial charge in [0.05, 0.1) is 18.3 Å². The van der Waals surface area contributed by atoms with Crippen LogP contribution < -0.4 is 10.6 Å². The van der Waals surface area contributed by atoms with E-state index >= 15 is 0 Å². The van der Waals surface area contributed by atoms with E-state index in [4.69, 9.17) is 9.47 Å². The smallest absolute Gasteiger partial charge is 0.191 e. The van der Waals surface area contributed by atoms with Crippen LogP contribution in [0.1, 0.15) is 45.7 Å². The van der Waals surface area contributed by atoms with E-state index in [0.29, 0.717) is 6.54 Å². The molecule has 172 valence electrons. The highest BCUT2D eigenvalue weighted by Crippen LogP contribution is 2.21. The number of hydrogen-bond acceptors (Lipinski definition) is 4. The summed E-state index contributed by atoms with van der Waals surface area (Å²) >= 11 is 0. The van der Waals surface area contributed by atoms with E-state index in [9.17, 15) is 0 Å². The lowest BCUT2D eigenvalue weighted by molar-refractivity contribution is -0.0705. The molecule has 1 saturated heterocycles. The van der Waals surface area contributed by atoms with Crippen molar-refractivity contribution in [2.75, 3.05) is 33.8 Å². The number of rotatable bonds is 7. The van der Waals surface area contributed by atoms with E-state index in [1.165, 1.54) is 11.1 Å². The number of morpholine rings is 1. The molecule has 3 unspecified atom stereocenters. The minimum absolute atomic E-state index is 0. The Bertz CT molecular complexity index is 653. The van der Waals surface area contributed by atoms with Crippen LogP contribution in [0, 0.1) is 5.41 Å². The third kappa shape index (κ3) is 8.69. The van der Waals surface area contributed by atoms with E-state index in [0.717, 1.165) is 32.1 Å². The molecule has 1 aliphatic rings. The van der Waals surface area contributed by atoms with Gasteiger partial charge in [0.1, 0.15) is 0 Å². The van der Waals surface area contributed by atoms with Gasteiger partial charge in [-0.2, -0.15) is 0 Å². The van der Waals surface area contributed by atoms with Crippen LogP contribution in [0.2, 0.25) is 0 Å². The fraction of sp³-hybridized carbons (Fsp3) is 0.696. The summed E-state index contributed by atoms with van der Waals surface area (Å²) in [6.07, 6.45) is 0.672. The van der Waals surface area contributed by atoms with E-state index in [1.54, 1.807) is 14.2 Å². The second-order valence-corrected chi connectivity index (χ2v) is 9.12. The Kier molecular flexibility index (Phi) is 11.6. The summed E-state index contributed by atoms with van der Waals surface area (Å²) in [5, 5.41) is 6.85. The van der Waals surface area contributed by atoms with Gasteiger partial charge in [-0.1, -0.05) is 45.0 Å². The molecule has 3 atom stereocenters. The molecule has 2 rings (SSSR count). The molecule has 1 aliphatic heterocycles. The molecule has 1 aromatic rings. The molecule has 0 spiro atoms. The molecule has 2 N–H and O–H groups in total. The molecule has 7 heteroatoms. The molecule has 0 radical (unpaired) electrons. The normalized spacial score (nSPS) is 21.6. The highest BCUT2D eigenvalue weighted by molar-refractivity contribution is 14.0. The van der Waals surface area contributed by atoms with Gasteiger partial charge in [0, 0.05) is 46.9 Å². The first kappa shape index (κ1) is 27.1. The van der Waals surface area contributed by atoms with Gasteiger partial charge in [0.15, 0.2) is 5.96 Å². The van der Waals surface area contributed by atoms with Crippen LogP contribution in [0.4, 0.5) is 0 Å². The van der Waals surface area contributed by atoms with Crippen LogP contribution in [-0.2, 0) is 22.6 Å². The summed E-state index contributed by atoms with van der Waals surface area (Å²) in [5.41, 5.74) is 2.71. The lowest BCUT2D eigenvalue weighted by Gasteiger charge is -2.35.